The lowest BCUT2D eigenvalue weighted by Gasteiger charge is -2.47. The first kappa shape index (κ1) is 30.9. The third-order valence-electron chi connectivity index (χ3n) is 7.40. The Balaban J connectivity index is 0.00000189. The van der Waals surface area contributed by atoms with Gasteiger partial charge in [-0.25, -0.2) is 14.4 Å². The Hall–Kier alpha value is -3.09. The van der Waals surface area contributed by atoms with Crippen molar-refractivity contribution >= 4 is 34.9 Å². The maximum atomic E-state index is 13.9. The summed E-state index contributed by atoms with van der Waals surface area (Å²) in [6.07, 6.45) is 4.68. The van der Waals surface area contributed by atoms with Crippen LogP contribution in [-0.4, -0.2) is 85.7 Å². The Morgan fingerprint density at radius 3 is 2.51 bits per heavy atom. The van der Waals surface area contributed by atoms with Crippen LogP contribution in [0.2, 0.25) is 10.3 Å². The Morgan fingerprint density at radius 2 is 1.88 bits per heavy atom. The first-order valence-corrected chi connectivity index (χ1v) is 14.8. The van der Waals surface area contributed by atoms with Gasteiger partial charge in [0.05, 0.1) is 6.20 Å². The van der Waals surface area contributed by atoms with Gasteiger partial charge in [-0.1, -0.05) is 50.9 Å². The number of carbonyl (C=O) groups excluding carboxylic acids is 1. The van der Waals surface area contributed by atoms with Crippen LogP contribution < -0.4 is 10.5 Å². The van der Waals surface area contributed by atoms with Crippen LogP contribution in [0, 0.1) is 5.82 Å². The second kappa shape index (κ2) is 13.7. The molecule has 2 fully saturated rings. The molecule has 41 heavy (non-hydrogen) atoms. The van der Waals surface area contributed by atoms with Gasteiger partial charge < -0.3 is 19.2 Å². The standard InChI is InChI=1S/C25H29Cl2FN8O3.C2H6/c1-3-14-13-35(22-21(27)30-18(12-29-22)24-33-32-19(4-2)39-24)9-10-36(14)15-5-7-34(8-6-15)25(38)16-11-17(28)20(26)31-23(16)37;1-2/h11-12,14-15H,3-10,13H2,1-2H3,(H,31,37);1-2H3. The fraction of sp³-hybridized carbons (Fsp3) is 0.556. The average molecular weight is 610 g/mol. The van der Waals surface area contributed by atoms with Crippen molar-refractivity contribution in [1.82, 2.24) is 34.9 Å². The SMILES string of the molecule is CC.CCc1nnc(-c2cnc(N3CCN(C4CCN(C(=O)c5cc(F)c(Cl)[nH]c5=O)CC4)C(CC)C3)c(Cl)n2)o1. The number of pyridine rings is 1. The highest BCUT2D eigenvalue weighted by Crippen LogP contribution is 2.30. The van der Waals surface area contributed by atoms with Gasteiger partial charge >= 0.3 is 0 Å². The zero-order chi connectivity index (χ0) is 29.7. The molecule has 0 spiro atoms. The Labute approximate surface area is 248 Å². The van der Waals surface area contributed by atoms with Gasteiger partial charge in [0.15, 0.2) is 16.8 Å². The molecule has 0 saturated carbocycles. The molecule has 0 aromatic carbocycles. The Morgan fingerprint density at radius 1 is 1.15 bits per heavy atom. The number of rotatable bonds is 6. The van der Waals surface area contributed by atoms with Gasteiger partial charge in [-0.15, -0.1) is 10.2 Å². The largest absolute Gasteiger partial charge is 0.419 e. The smallest absolute Gasteiger partial charge is 0.267 e. The van der Waals surface area contributed by atoms with Gasteiger partial charge in [0.1, 0.15) is 16.4 Å². The molecule has 2 aliphatic heterocycles. The Bertz CT molecular complexity index is 1410. The molecule has 3 aromatic rings. The number of halogens is 3. The third-order valence-corrected chi connectivity index (χ3v) is 7.93. The van der Waals surface area contributed by atoms with Gasteiger partial charge in [-0.05, 0) is 25.3 Å². The highest BCUT2D eigenvalue weighted by atomic mass is 35.5. The quantitative estimate of drug-likeness (QED) is 0.404. The van der Waals surface area contributed by atoms with Crippen molar-refractivity contribution in [2.24, 2.45) is 0 Å². The van der Waals surface area contributed by atoms with Crippen LogP contribution in [0.25, 0.3) is 11.6 Å². The van der Waals surface area contributed by atoms with Gasteiger partial charge in [0, 0.05) is 51.2 Å². The van der Waals surface area contributed by atoms with E-state index in [1.54, 1.807) is 11.1 Å². The lowest BCUT2D eigenvalue weighted by Crippen LogP contribution is -2.59. The van der Waals surface area contributed by atoms with Crippen LogP contribution in [0.5, 0.6) is 0 Å². The molecule has 11 nitrogen and oxygen atoms in total. The van der Waals surface area contributed by atoms with Gasteiger partial charge in [0.2, 0.25) is 5.89 Å². The van der Waals surface area contributed by atoms with Crippen molar-refractivity contribution in [3.63, 3.8) is 0 Å². The monoisotopic (exact) mass is 608 g/mol. The van der Waals surface area contributed by atoms with E-state index in [-0.39, 0.29) is 22.8 Å². The number of aromatic nitrogens is 5. The zero-order valence-corrected chi connectivity index (χ0v) is 25.2. The van der Waals surface area contributed by atoms with E-state index in [9.17, 15) is 14.0 Å². The summed E-state index contributed by atoms with van der Waals surface area (Å²) in [7, 11) is 0. The van der Waals surface area contributed by atoms with Crippen LogP contribution in [0.4, 0.5) is 10.2 Å². The fourth-order valence-electron chi connectivity index (χ4n) is 5.29. The number of likely N-dealkylation sites (tertiary alicyclic amines) is 1. The van der Waals surface area contributed by atoms with E-state index in [4.69, 9.17) is 27.6 Å². The number of nitrogens with zero attached hydrogens (tertiary/aromatic N) is 7. The summed E-state index contributed by atoms with van der Waals surface area (Å²) in [5, 5.41) is 7.86. The van der Waals surface area contributed by atoms with Crippen molar-refractivity contribution in [3.05, 3.63) is 50.2 Å². The average Bonchev–Trinajstić information content (AvgIpc) is 3.49. The summed E-state index contributed by atoms with van der Waals surface area (Å²) in [5.41, 5.74) is -0.483. The van der Waals surface area contributed by atoms with E-state index >= 15 is 0 Å². The van der Waals surface area contributed by atoms with Gasteiger partial charge in [-0.2, -0.15) is 0 Å². The van der Waals surface area contributed by atoms with Crippen molar-refractivity contribution in [3.8, 4) is 11.6 Å². The first-order valence-electron chi connectivity index (χ1n) is 14.0. The molecule has 2 saturated heterocycles. The number of piperidine rings is 1. The molecule has 5 rings (SSSR count). The maximum absolute atomic E-state index is 13.9. The molecular weight excluding hydrogens is 574 g/mol. The number of aromatic amines is 1. The van der Waals surface area contributed by atoms with Crippen LogP contribution in [0.1, 0.15) is 63.2 Å². The molecule has 14 heteroatoms. The topological polar surface area (TPSA) is 124 Å². The van der Waals surface area contributed by atoms with Gasteiger partial charge in [0.25, 0.3) is 17.4 Å². The van der Waals surface area contributed by atoms with E-state index in [1.165, 1.54) is 0 Å². The molecule has 1 N–H and O–H groups in total. The number of H-pyrrole nitrogens is 1. The molecule has 0 radical (unpaired) electrons. The van der Waals surface area contributed by atoms with Crippen LogP contribution in [0.15, 0.2) is 21.5 Å². The highest BCUT2D eigenvalue weighted by molar-refractivity contribution is 6.31. The predicted molar refractivity (Wildman–Crippen MR) is 155 cm³/mol. The molecule has 0 bridgehead atoms. The molecule has 3 aromatic heterocycles. The lowest BCUT2D eigenvalue weighted by molar-refractivity contribution is 0.0489. The lowest BCUT2D eigenvalue weighted by atomic mass is 9.97. The van der Waals surface area contributed by atoms with E-state index in [2.05, 4.69) is 41.9 Å². The van der Waals surface area contributed by atoms with Crippen molar-refractivity contribution < 1.29 is 13.6 Å². The maximum Gasteiger partial charge on any atom is 0.267 e. The summed E-state index contributed by atoms with van der Waals surface area (Å²) >= 11 is 12.2. The van der Waals surface area contributed by atoms with Crippen LogP contribution in [-0.2, 0) is 6.42 Å². The normalized spacial score (nSPS) is 18.3. The molecule has 2 aliphatic rings. The molecule has 5 heterocycles. The number of piperazine rings is 1. The van der Waals surface area contributed by atoms with E-state index in [0.717, 1.165) is 45.0 Å². The second-order valence-electron chi connectivity index (χ2n) is 9.67. The van der Waals surface area contributed by atoms with E-state index in [1.807, 2.05) is 20.8 Å². The summed E-state index contributed by atoms with van der Waals surface area (Å²) in [4.78, 5) is 42.5. The van der Waals surface area contributed by atoms with Crippen molar-refractivity contribution in [1.29, 1.82) is 0 Å². The molecule has 1 atom stereocenters. The minimum Gasteiger partial charge on any atom is -0.419 e. The fourth-order valence-corrected chi connectivity index (χ4v) is 5.69. The van der Waals surface area contributed by atoms with Crippen molar-refractivity contribution in [2.45, 2.75) is 65.5 Å². The number of amides is 1. The number of carbonyl (C=O) groups is 1. The number of hydrogen-bond acceptors (Lipinski definition) is 9. The number of nitrogens with one attached hydrogen (secondary N) is 1. The second-order valence-corrected chi connectivity index (χ2v) is 10.4. The van der Waals surface area contributed by atoms with Crippen molar-refractivity contribution in [2.75, 3.05) is 37.6 Å². The van der Waals surface area contributed by atoms with Crippen LogP contribution in [0.3, 0.4) is 0 Å². The molecule has 222 valence electrons. The van der Waals surface area contributed by atoms with E-state index < -0.39 is 22.4 Å². The minimum atomic E-state index is -0.821. The molecule has 1 unspecified atom stereocenters. The summed E-state index contributed by atoms with van der Waals surface area (Å²) in [6, 6.07) is 1.46. The number of hydrogen-bond donors (Lipinski definition) is 1. The molecule has 0 aliphatic carbocycles. The minimum absolute atomic E-state index is 0.232. The summed E-state index contributed by atoms with van der Waals surface area (Å²) in [5.74, 6) is 0.133. The third kappa shape index (κ3) is 6.70. The summed E-state index contributed by atoms with van der Waals surface area (Å²) < 4.78 is 19.4. The number of anilines is 1. The Kier molecular flexibility index (Phi) is 10.3. The van der Waals surface area contributed by atoms with Crippen LogP contribution >= 0.6 is 23.2 Å². The number of aryl methyl sites for hydroxylation is 1. The molecular formula is C27H35Cl2FN8O3. The van der Waals surface area contributed by atoms with E-state index in [0.29, 0.717) is 42.8 Å². The predicted octanol–water partition coefficient (Wildman–Crippen LogP) is 4.45. The molecule has 1 amide bonds. The summed E-state index contributed by atoms with van der Waals surface area (Å²) in [6.45, 7) is 11.3. The highest BCUT2D eigenvalue weighted by Gasteiger charge is 2.35. The first-order chi connectivity index (χ1) is 19.8. The van der Waals surface area contributed by atoms with Gasteiger partial charge in [-0.3, -0.25) is 14.5 Å². The zero-order valence-electron chi connectivity index (χ0n) is 23.7.